The number of hydrogen-bond donors (Lipinski definition) is 2. The Morgan fingerprint density at radius 3 is 2.14 bits per heavy atom. The minimum atomic E-state index is -1.04. The summed E-state index contributed by atoms with van der Waals surface area (Å²) < 4.78 is 5.16. The number of rotatable bonds is 11. The van der Waals surface area contributed by atoms with Crippen molar-refractivity contribution in [2.75, 3.05) is 20.5 Å². The Balaban J connectivity index is 0.00000255. The van der Waals surface area contributed by atoms with E-state index in [1.54, 1.807) is 6.07 Å². The molecule has 1 aliphatic rings. The van der Waals surface area contributed by atoms with Crippen LogP contribution in [0.15, 0.2) is 30.3 Å². The Labute approximate surface area is 314 Å². The number of aromatic nitrogens is 4. The van der Waals surface area contributed by atoms with Crippen LogP contribution in [0.1, 0.15) is 120 Å². The number of nitro groups is 1. The third kappa shape index (κ3) is 14.1. The Bertz CT molecular complexity index is 1730. The first-order chi connectivity index (χ1) is 23.9. The molecule has 0 fully saturated rings. The maximum Gasteiger partial charge on any atom is 2.00 e. The molecule has 2 N–H and O–H groups in total. The van der Waals surface area contributed by atoms with E-state index in [1.807, 2.05) is 65.8 Å². The van der Waals surface area contributed by atoms with E-state index in [0.717, 1.165) is 64.1 Å². The van der Waals surface area contributed by atoms with Crippen LogP contribution in [0, 0.1) is 29.9 Å². The first kappa shape index (κ1) is 47.3. The van der Waals surface area contributed by atoms with Gasteiger partial charge in [0.05, 0.1) is 11.4 Å². The van der Waals surface area contributed by atoms with Crippen LogP contribution in [0.2, 0.25) is 0 Å². The van der Waals surface area contributed by atoms with Crippen LogP contribution in [-0.4, -0.2) is 51.9 Å². The quantitative estimate of drug-likeness (QED) is 0.0491. The molecule has 0 saturated heterocycles. The van der Waals surface area contributed by atoms with E-state index in [4.69, 9.17) is 34.9 Å². The summed E-state index contributed by atoms with van der Waals surface area (Å²) >= 11 is 0. The molecule has 6 bridgehead atoms. The minimum Gasteiger partial charge on any atom is -0.658 e. The number of aryl methyl sites for hydroxylation is 4. The molecule has 0 aromatic carbocycles. The molecular formula is C39H57CuN5O6. The summed E-state index contributed by atoms with van der Waals surface area (Å²) in [4.78, 5) is 42.3. The van der Waals surface area contributed by atoms with Crippen molar-refractivity contribution in [2.45, 2.75) is 107 Å². The van der Waals surface area contributed by atoms with Crippen molar-refractivity contribution in [1.82, 2.24) is 19.9 Å². The molecule has 4 heterocycles. The number of carbonyl (C=O) groups is 1. The Hall–Kier alpha value is -3.67. The molecule has 0 aliphatic carbocycles. The first-order valence-electron chi connectivity index (χ1n) is 17.4. The van der Waals surface area contributed by atoms with Crippen molar-refractivity contribution in [1.29, 1.82) is 0 Å². The first-order valence-corrected chi connectivity index (χ1v) is 17.4. The summed E-state index contributed by atoms with van der Waals surface area (Å²) in [5.41, 5.74) is 10.1. The summed E-state index contributed by atoms with van der Waals surface area (Å²) in [6, 6.07) is 8.36. The topological polar surface area (TPSA) is 164 Å². The normalized spacial score (nSPS) is 11.6. The molecule has 0 saturated carbocycles. The van der Waals surface area contributed by atoms with Crippen LogP contribution in [-0.2, 0) is 39.4 Å². The van der Waals surface area contributed by atoms with Crippen molar-refractivity contribution in [3.8, 4) is 0 Å². The molecule has 11 nitrogen and oxygen atoms in total. The van der Waals surface area contributed by atoms with Crippen LogP contribution in [0.3, 0.4) is 0 Å². The largest absolute Gasteiger partial charge is 2.00 e. The van der Waals surface area contributed by atoms with E-state index in [9.17, 15) is 14.9 Å². The fraction of sp³-hybridized carbons (Fsp3) is 0.513. The number of aldehydes is 1. The predicted octanol–water partition coefficient (Wildman–Crippen LogP) is 7.88. The summed E-state index contributed by atoms with van der Waals surface area (Å²) in [6.07, 6.45) is 3.72. The monoisotopic (exact) mass is 754 g/mol. The maximum atomic E-state index is 11.8. The molecule has 1 atom stereocenters. The van der Waals surface area contributed by atoms with Gasteiger partial charge in [0.1, 0.15) is 18.8 Å². The third-order valence-corrected chi connectivity index (χ3v) is 7.64. The van der Waals surface area contributed by atoms with Gasteiger partial charge in [0.15, 0.2) is 0 Å². The molecule has 51 heavy (non-hydrogen) atoms. The number of nitrogens with zero attached hydrogens (tertiary/aromatic N) is 5. The van der Waals surface area contributed by atoms with E-state index < -0.39 is 6.04 Å². The van der Waals surface area contributed by atoms with Gasteiger partial charge in [-0.25, -0.2) is 4.98 Å². The summed E-state index contributed by atoms with van der Waals surface area (Å²) in [6.45, 7) is 20.0. The fourth-order valence-electron chi connectivity index (χ4n) is 5.10. The number of aliphatic hydroxyl groups excluding tert-OH is 2. The molecule has 0 spiro atoms. The Kier molecular flexibility index (Phi) is 22.7. The zero-order valence-corrected chi connectivity index (χ0v) is 33.1. The van der Waals surface area contributed by atoms with E-state index >= 15 is 0 Å². The van der Waals surface area contributed by atoms with E-state index in [1.165, 1.54) is 6.92 Å². The van der Waals surface area contributed by atoms with Crippen molar-refractivity contribution in [3.63, 3.8) is 0 Å². The van der Waals surface area contributed by atoms with Crippen LogP contribution in [0.4, 0.5) is 0 Å². The number of aliphatic hydroxyl groups is 2. The number of allylic oxidation sites excluding steroid dienone is 2. The number of carbonyl (C=O) groups excluding carboxylic acids is 1. The van der Waals surface area contributed by atoms with Gasteiger partial charge in [0.2, 0.25) is 0 Å². The second kappa shape index (κ2) is 24.5. The second-order valence-electron chi connectivity index (χ2n) is 12.2. The fourth-order valence-corrected chi connectivity index (χ4v) is 5.10. The van der Waals surface area contributed by atoms with Crippen LogP contribution >= 0.6 is 0 Å². The number of fused-ring (bicyclic) bond motifs is 6. The summed E-state index contributed by atoms with van der Waals surface area (Å²) in [7, 11) is 1.00. The van der Waals surface area contributed by atoms with E-state index in [0.29, 0.717) is 66.6 Å². The zero-order chi connectivity index (χ0) is 38.0. The van der Waals surface area contributed by atoms with Gasteiger partial charge >= 0.3 is 17.1 Å². The van der Waals surface area contributed by atoms with Crippen molar-refractivity contribution >= 4 is 39.5 Å². The van der Waals surface area contributed by atoms with Crippen LogP contribution < -0.4 is 9.97 Å². The average Bonchev–Trinajstić information content (AvgIpc) is 3.69. The Morgan fingerprint density at radius 1 is 0.922 bits per heavy atom. The minimum absolute atomic E-state index is 0. The molecule has 285 valence electrons. The zero-order valence-electron chi connectivity index (χ0n) is 32.1. The van der Waals surface area contributed by atoms with Crippen LogP contribution in [0.5, 0.6) is 0 Å². The van der Waals surface area contributed by atoms with Gasteiger partial charge < -0.3 is 29.7 Å². The molecule has 3 aromatic rings. The Morgan fingerprint density at radius 2 is 1.57 bits per heavy atom. The molecule has 0 amide bonds. The standard InChI is InChI=1S/C32H37N5O5.C4H10.C2H6.CH4O.Cu/c1-6-23-14-28-20(3)25(9-7-11-38)31(35-28)17-32-26(10-8-12-42-18-39)21(4)29(36-32)15-24-13-19(2)27(34-24)16-30(33-23)22(5)37(40)41;1-4(2)3;2*1-2;/h11,13-17,22,39H,6-10,12,18H2,1-5H3;4H,1-3H3;1-2H3;2H,1H3;/q-2;;;;+2. The molecule has 3 aromatic heterocycles. The van der Waals surface area contributed by atoms with E-state index in [-0.39, 0.29) is 28.8 Å². The molecule has 4 rings (SSSR count). The van der Waals surface area contributed by atoms with Crippen molar-refractivity contribution < 1.29 is 41.7 Å². The van der Waals surface area contributed by atoms with Gasteiger partial charge in [-0.3, -0.25) is 15.1 Å². The molecule has 1 radical (unpaired) electrons. The third-order valence-electron chi connectivity index (χ3n) is 7.64. The second-order valence-corrected chi connectivity index (χ2v) is 12.2. The number of hydrogen-bond acceptors (Lipinski definition) is 8. The molecule has 1 aliphatic heterocycles. The van der Waals surface area contributed by atoms with Gasteiger partial charge in [-0.15, -0.1) is 22.1 Å². The summed E-state index contributed by atoms with van der Waals surface area (Å²) in [5, 5.41) is 27.9. The molecular weight excluding hydrogens is 698 g/mol. The van der Waals surface area contributed by atoms with Crippen molar-refractivity contribution in [3.05, 3.63) is 79.9 Å². The maximum absolute atomic E-state index is 11.8. The smallest absolute Gasteiger partial charge is 0.658 e. The van der Waals surface area contributed by atoms with Gasteiger partial charge in [0.25, 0.3) is 6.04 Å². The predicted molar refractivity (Wildman–Crippen MR) is 202 cm³/mol. The molecule has 1 unspecified atom stereocenters. The van der Waals surface area contributed by atoms with Gasteiger partial charge in [-0.1, -0.05) is 82.5 Å². The van der Waals surface area contributed by atoms with E-state index in [2.05, 4.69) is 20.8 Å². The van der Waals surface area contributed by atoms with Gasteiger partial charge in [-0.05, 0) is 69.6 Å². The summed E-state index contributed by atoms with van der Waals surface area (Å²) in [5.74, 6) is 0.833. The van der Waals surface area contributed by atoms with Crippen LogP contribution in [0.25, 0.3) is 33.2 Å². The van der Waals surface area contributed by atoms with Gasteiger partial charge in [-0.2, -0.15) is 0 Å². The SMILES string of the molecule is CC.CC(C)C.CCc1cc2[n-]c(cc3nc(cc4cc(C)c(cc(C(C)[N+](=O)[O-])n1)[n-]4)C(C)=C3CCCOCO)c(CCC=O)c2C.CO.[Cu+2]. The number of ether oxygens (including phenoxy) is 1. The molecule has 12 heteroatoms. The average molecular weight is 755 g/mol. The van der Waals surface area contributed by atoms with Gasteiger partial charge in [0, 0.05) is 37.7 Å². The van der Waals surface area contributed by atoms with Crippen molar-refractivity contribution in [2.24, 2.45) is 5.92 Å².